The molecular weight excluding hydrogens is 362 g/mol. The van der Waals surface area contributed by atoms with Crippen molar-refractivity contribution in [3.63, 3.8) is 0 Å². The molecule has 1 aliphatic rings. The average molecular weight is 381 g/mol. The molecule has 0 aromatic heterocycles. The molecule has 0 unspecified atom stereocenters. The SMILES string of the molecule is O=C(Nc1ccc(Cl)c(Cl)c1)C1CCN(Cc2ccccc2F)CC1. The van der Waals surface area contributed by atoms with Gasteiger partial charge < -0.3 is 5.32 Å². The standard InChI is InChI=1S/C19H19Cl2FN2O/c20-16-6-5-15(11-17(16)21)23-19(25)13-7-9-24(10-8-13)12-14-3-1-2-4-18(14)22/h1-6,11,13H,7-10,12H2,(H,23,25). The van der Waals surface area contributed by atoms with Crippen molar-refractivity contribution in [2.75, 3.05) is 18.4 Å². The van der Waals surface area contributed by atoms with Crippen LogP contribution in [0, 0.1) is 11.7 Å². The first kappa shape index (κ1) is 18.2. The van der Waals surface area contributed by atoms with E-state index in [0.717, 1.165) is 25.9 Å². The Hall–Kier alpha value is -1.62. The highest BCUT2D eigenvalue weighted by atomic mass is 35.5. The van der Waals surface area contributed by atoms with Crippen LogP contribution in [0.1, 0.15) is 18.4 Å². The molecule has 2 aromatic rings. The van der Waals surface area contributed by atoms with Crippen molar-refractivity contribution >= 4 is 34.8 Å². The molecule has 1 amide bonds. The van der Waals surface area contributed by atoms with E-state index in [1.54, 1.807) is 30.3 Å². The Morgan fingerprint density at radius 1 is 1.12 bits per heavy atom. The number of nitrogens with one attached hydrogen (secondary N) is 1. The molecule has 132 valence electrons. The third-order valence-electron chi connectivity index (χ3n) is 4.50. The fraction of sp³-hybridized carbons (Fsp3) is 0.316. The molecule has 1 saturated heterocycles. The number of hydrogen-bond acceptors (Lipinski definition) is 2. The van der Waals surface area contributed by atoms with Gasteiger partial charge in [0.1, 0.15) is 5.82 Å². The van der Waals surface area contributed by atoms with E-state index in [9.17, 15) is 9.18 Å². The first-order valence-corrected chi connectivity index (χ1v) is 9.00. The van der Waals surface area contributed by atoms with Crippen molar-refractivity contribution < 1.29 is 9.18 Å². The van der Waals surface area contributed by atoms with Gasteiger partial charge in [-0.1, -0.05) is 41.4 Å². The highest BCUT2D eigenvalue weighted by molar-refractivity contribution is 6.42. The number of carbonyl (C=O) groups is 1. The summed E-state index contributed by atoms with van der Waals surface area (Å²) in [6.45, 7) is 2.12. The zero-order valence-electron chi connectivity index (χ0n) is 13.6. The van der Waals surface area contributed by atoms with Crippen molar-refractivity contribution in [2.45, 2.75) is 19.4 Å². The Balaban J connectivity index is 1.52. The number of piperidine rings is 1. The van der Waals surface area contributed by atoms with Gasteiger partial charge in [-0.3, -0.25) is 9.69 Å². The van der Waals surface area contributed by atoms with Crippen LogP contribution in [0.4, 0.5) is 10.1 Å². The fourth-order valence-electron chi connectivity index (χ4n) is 3.04. The Morgan fingerprint density at radius 3 is 2.52 bits per heavy atom. The number of hydrogen-bond donors (Lipinski definition) is 1. The third kappa shape index (κ3) is 4.72. The van der Waals surface area contributed by atoms with E-state index < -0.39 is 0 Å². The number of carbonyl (C=O) groups excluding carboxylic acids is 1. The second kappa shape index (κ2) is 8.17. The zero-order chi connectivity index (χ0) is 17.8. The number of rotatable bonds is 4. The van der Waals surface area contributed by atoms with Crippen molar-refractivity contribution in [3.8, 4) is 0 Å². The summed E-state index contributed by atoms with van der Waals surface area (Å²) in [7, 11) is 0. The molecule has 25 heavy (non-hydrogen) atoms. The van der Waals surface area contributed by atoms with Crippen LogP contribution < -0.4 is 5.32 Å². The minimum atomic E-state index is -0.179. The summed E-state index contributed by atoms with van der Waals surface area (Å²) in [5.41, 5.74) is 1.34. The first-order chi connectivity index (χ1) is 12.0. The average Bonchev–Trinajstić information content (AvgIpc) is 2.61. The number of nitrogens with zero attached hydrogens (tertiary/aromatic N) is 1. The van der Waals surface area contributed by atoms with E-state index in [2.05, 4.69) is 10.2 Å². The minimum Gasteiger partial charge on any atom is -0.326 e. The summed E-state index contributed by atoms with van der Waals surface area (Å²) in [5, 5.41) is 3.77. The molecule has 1 heterocycles. The molecule has 0 aliphatic carbocycles. The predicted molar refractivity (Wildman–Crippen MR) is 99.5 cm³/mol. The molecule has 1 fully saturated rings. The van der Waals surface area contributed by atoms with Gasteiger partial charge in [0, 0.05) is 23.7 Å². The fourth-order valence-corrected chi connectivity index (χ4v) is 3.34. The van der Waals surface area contributed by atoms with Crippen molar-refractivity contribution in [1.82, 2.24) is 4.90 Å². The summed E-state index contributed by atoms with van der Waals surface area (Å²) in [4.78, 5) is 14.6. The predicted octanol–water partition coefficient (Wildman–Crippen LogP) is 4.98. The largest absolute Gasteiger partial charge is 0.326 e. The van der Waals surface area contributed by atoms with Gasteiger partial charge in [-0.25, -0.2) is 4.39 Å². The second-order valence-corrected chi connectivity index (χ2v) is 7.07. The molecule has 1 N–H and O–H groups in total. The van der Waals surface area contributed by atoms with E-state index >= 15 is 0 Å². The van der Waals surface area contributed by atoms with Crippen LogP contribution in [0.2, 0.25) is 10.0 Å². The maximum Gasteiger partial charge on any atom is 0.227 e. The Morgan fingerprint density at radius 2 is 1.84 bits per heavy atom. The molecule has 2 aromatic carbocycles. The molecule has 1 aliphatic heterocycles. The normalized spacial score (nSPS) is 16.0. The van der Waals surface area contributed by atoms with Crippen molar-refractivity contribution in [3.05, 3.63) is 63.9 Å². The van der Waals surface area contributed by atoms with E-state index in [1.165, 1.54) is 6.07 Å². The zero-order valence-corrected chi connectivity index (χ0v) is 15.2. The number of benzene rings is 2. The van der Waals surface area contributed by atoms with E-state index in [4.69, 9.17) is 23.2 Å². The summed E-state index contributed by atoms with van der Waals surface area (Å²) in [6, 6.07) is 11.9. The molecule has 3 nitrogen and oxygen atoms in total. The maximum atomic E-state index is 13.7. The van der Waals surface area contributed by atoms with Crippen molar-refractivity contribution in [2.24, 2.45) is 5.92 Å². The van der Waals surface area contributed by atoms with Gasteiger partial charge in [-0.2, -0.15) is 0 Å². The van der Waals surface area contributed by atoms with Crippen LogP contribution in [-0.2, 0) is 11.3 Å². The molecular formula is C19H19Cl2FN2O. The van der Waals surface area contributed by atoms with Crippen LogP contribution >= 0.6 is 23.2 Å². The molecule has 0 saturated carbocycles. The molecule has 0 bridgehead atoms. The van der Waals surface area contributed by atoms with Gasteiger partial charge >= 0.3 is 0 Å². The summed E-state index contributed by atoms with van der Waals surface area (Å²) in [5.74, 6) is -0.239. The molecule has 0 atom stereocenters. The Kier molecular flexibility index (Phi) is 5.94. The highest BCUT2D eigenvalue weighted by Crippen LogP contribution is 2.26. The lowest BCUT2D eigenvalue weighted by Gasteiger charge is -2.31. The Bertz CT molecular complexity index is 761. The quantitative estimate of drug-likeness (QED) is 0.810. The van der Waals surface area contributed by atoms with Gasteiger partial charge in [0.15, 0.2) is 0 Å². The number of anilines is 1. The molecule has 3 rings (SSSR count). The van der Waals surface area contributed by atoms with Crippen LogP contribution in [0.5, 0.6) is 0 Å². The van der Waals surface area contributed by atoms with Crippen LogP contribution in [0.25, 0.3) is 0 Å². The van der Waals surface area contributed by atoms with Gasteiger partial charge in [-0.05, 0) is 50.2 Å². The number of halogens is 3. The van der Waals surface area contributed by atoms with Crippen LogP contribution in [-0.4, -0.2) is 23.9 Å². The summed E-state index contributed by atoms with van der Waals surface area (Å²) >= 11 is 11.9. The topological polar surface area (TPSA) is 32.3 Å². The number of amides is 1. The minimum absolute atomic E-state index is 0.0102. The van der Waals surface area contributed by atoms with Gasteiger partial charge in [-0.15, -0.1) is 0 Å². The number of likely N-dealkylation sites (tertiary alicyclic amines) is 1. The Labute approximate surface area is 156 Å². The van der Waals surface area contributed by atoms with E-state index in [1.807, 2.05) is 6.07 Å². The van der Waals surface area contributed by atoms with Crippen molar-refractivity contribution in [1.29, 1.82) is 0 Å². The van der Waals surface area contributed by atoms with E-state index in [0.29, 0.717) is 27.8 Å². The van der Waals surface area contributed by atoms with Gasteiger partial charge in [0.25, 0.3) is 0 Å². The molecule has 0 spiro atoms. The highest BCUT2D eigenvalue weighted by Gasteiger charge is 2.25. The van der Waals surface area contributed by atoms with Crippen LogP contribution in [0.3, 0.4) is 0 Å². The lowest BCUT2D eigenvalue weighted by Crippen LogP contribution is -2.37. The van der Waals surface area contributed by atoms with Gasteiger partial charge in [0.2, 0.25) is 5.91 Å². The lowest BCUT2D eigenvalue weighted by molar-refractivity contribution is -0.121. The smallest absolute Gasteiger partial charge is 0.227 e. The summed E-state index contributed by atoms with van der Waals surface area (Å²) < 4.78 is 13.7. The van der Waals surface area contributed by atoms with Crippen LogP contribution in [0.15, 0.2) is 42.5 Å². The molecule has 0 radical (unpaired) electrons. The van der Waals surface area contributed by atoms with E-state index in [-0.39, 0.29) is 17.6 Å². The monoisotopic (exact) mass is 380 g/mol. The second-order valence-electron chi connectivity index (χ2n) is 6.26. The first-order valence-electron chi connectivity index (χ1n) is 8.24. The summed E-state index contributed by atoms with van der Waals surface area (Å²) in [6.07, 6.45) is 1.50. The third-order valence-corrected chi connectivity index (χ3v) is 5.24. The lowest BCUT2D eigenvalue weighted by atomic mass is 9.95. The molecule has 6 heteroatoms. The van der Waals surface area contributed by atoms with Gasteiger partial charge in [0.05, 0.1) is 10.0 Å². The maximum absolute atomic E-state index is 13.7.